The highest BCUT2D eigenvalue weighted by Gasteiger charge is 2.15. The van der Waals surface area contributed by atoms with E-state index in [4.69, 9.17) is 27.9 Å². The molecule has 0 aliphatic rings. The molecule has 0 aliphatic carbocycles. The summed E-state index contributed by atoms with van der Waals surface area (Å²) in [4.78, 5) is 32.0. The molecule has 2 N–H and O–H groups in total. The summed E-state index contributed by atoms with van der Waals surface area (Å²) >= 11 is 13.1. The highest BCUT2D eigenvalue weighted by molar-refractivity contribution is 7.09. The van der Waals surface area contributed by atoms with Crippen LogP contribution in [0.25, 0.3) is 0 Å². The molecule has 0 fully saturated rings. The van der Waals surface area contributed by atoms with Crippen LogP contribution in [0.4, 0.5) is 4.79 Å². The van der Waals surface area contributed by atoms with Gasteiger partial charge >= 0.3 is 6.09 Å². The summed E-state index contributed by atoms with van der Waals surface area (Å²) in [5, 5.41) is 2.69. The molecule has 2 heterocycles. The largest absolute Gasteiger partial charge is 0.448 e. The third kappa shape index (κ3) is 5.69. The Morgan fingerprint density at radius 3 is 2.69 bits per heavy atom. The first-order valence-electron chi connectivity index (χ1n) is 8.52. The summed E-state index contributed by atoms with van der Waals surface area (Å²) in [6, 6.07) is 9.67. The van der Waals surface area contributed by atoms with Gasteiger partial charge in [-0.1, -0.05) is 60.5 Å². The first-order valence-corrected chi connectivity index (χ1v) is 10.2. The quantitative estimate of drug-likeness (QED) is 0.551. The molecule has 8 nitrogen and oxygen atoms in total. The number of nitrogens with one attached hydrogen (secondary N) is 2. The summed E-state index contributed by atoms with van der Waals surface area (Å²) in [5.74, 6) is -0.530. The van der Waals surface area contributed by atoms with Crippen LogP contribution < -0.4 is 10.9 Å². The predicted octanol–water partition coefficient (Wildman–Crippen LogP) is 3.87. The molecule has 1 unspecified atom stereocenters. The van der Waals surface area contributed by atoms with Crippen LogP contribution in [0, 0.1) is 0 Å². The number of rotatable bonds is 6. The SMILES string of the molecule is CC(COC(=O)NNC(=O)c1csc(Cn2cnc(Cl)c2Cl)n1)c1ccccc1. The van der Waals surface area contributed by atoms with Crippen molar-refractivity contribution in [2.45, 2.75) is 19.4 Å². The molecule has 0 aliphatic heterocycles. The minimum atomic E-state index is -0.753. The second-order valence-electron chi connectivity index (χ2n) is 6.07. The molecule has 152 valence electrons. The number of hydrogen-bond donors (Lipinski definition) is 2. The molecule has 3 rings (SSSR count). The standard InChI is InChI=1S/C18H17Cl2N5O3S/c1-11(12-5-3-2-4-6-12)8-28-18(27)24-23-17(26)13-9-29-14(22-13)7-25-10-21-15(19)16(25)20/h2-6,9-11H,7-8H2,1H3,(H,23,26)(H,24,27). The number of benzene rings is 1. The zero-order valence-electron chi connectivity index (χ0n) is 15.3. The number of carbonyl (C=O) groups is 2. The minimum absolute atomic E-state index is 0.0299. The lowest BCUT2D eigenvalue weighted by Crippen LogP contribution is -2.42. The normalized spacial score (nSPS) is 11.7. The lowest BCUT2D eigenvalue weighted by atomic mass is 10.0. The summed E-state index contributed by atoms with van der Waals surface area (Å²) in [7, 11) is 0. The van der Waals surface area contributed by atoms with Gasteiger partial charge in [-0.05, 0) is 5.56 Å². The molecule has 11 heteroatoms. The number of aromatic nitrogens is 3. The summed E-state index contributed by atoms with van der Waals surface area (Å²) in [5.41, 5.74) is 5.69. The van der Waals surface area contributed by atoms with E-state index in [2.05, 4.69) is 20.8 Å². The molecule has 0 spiro atoms. The number of nitrogens with zero attached hydrogens (tertiary/aromatic N) is 3. The van der Waals surface area contributed by atoms with Gasteiger partial charge in [0.05, 0.1) is 19.5 Å². The monoisotopic (exact) mass is 453 g/mol. The van der Waals surface area contributed by atoms with Gasteiger partial charge < -0.3 is 9.30 Å². The van der Waals surface area contributed by atoms with Crippen molar-refractivity contribution < 1.29 is 14.3 Å². The molecule has 0 radical (unpaired) electrons. The molecule has 3 aromatic rings. The fourth-order valence-electron chi connectivity index (χ4n) is 2.37. The highest BCUT2D eigenvalue weighted by Crippen LogP contribution is 2.21. The molecule has 29 heavy (non-hydrogen) atoms. The number of halogens is 2. The van der Waals surface area contributed by atoms with E-state index in [1.165, 1.54) is 17.7 Å². The molecule has 0 saturated carbocycles. The number of ether oxygens (including phenoxy) is 1. The van der Waals surface area contributed by atoms with Gasteiger partial charge in [-0.2, -0.15) is 0 Å². The lowest BCUT2D eigenvalue weighted by molar-refractivity contribution is 0.0902. The average molecular weight is 454 g/mol. The van der Waals surface area contributed by atoms with Crippen LogP contribution in [0.1, 0.15) is 33.9 Å². The van der Waals surface area contributed by atoms with Crippen LogP contribution in [-0.2, 0) is 11.3 Å². The Bertz CT molecular complexity index is 993. The van der Waals surface area contributed by atoms with Gasteiger partial charge in [0, 0.05) is 11.3 Å². The van der Waals surface area contributed by atoms with Gasteiger partial charge in [-0.25, -0.2) is 20.2 Å². The van der Waals surface area contributed by atoms with Crippen LogP contribution in [0.3, 0.4) is 0 Å². The Morgan fingerprint density at radius 2 is 2.00 bits per heavy atom. The predicted molar refractivity (Wildman–Crippen MR) is 110 cm³/mol. The maximum absolute atomic E-state index is 12.1. The van der Waals surface area contributed by atoms with Crippen LogP contribution in [0.15, 0.2) is 42.0 Å². The van der Waals surface area contributed by atoms with Crippen molar-refractivity contribution in [2.24, 2.45) is 0 Å². The van der Waals surface area contributed by atoms with E-state index in [1.54, 1.807) is 9.95 Å². The Kier molecular flexibility index (Phi) is 7.08. The van der Waals surface area contributed by atoms with E-state index in [1.807, 2.05) is 37.3 Å². The van der Waals surface area contributed by atoms with Gasteiger partial charge in [0.15, 0.2) is 5.15 Å². The molecule has 2 amide bonds. The fraction of sp³-hybridized carbons (Fsp3) is 0.222. The van der Waals surface area contributed by atoms with Crippen molar-refractivity contribution in [2.75, 3.05) is 6.61 Å². The number of thiazole rings is 1. The van der Waals surface area contributed by atoms with Crippen LogP contribution in [0.5, 0.6) is 0 Å². The first kappa shape index (κ1) is 21.1. The summed E-state index contributed by atoms with van der Waals surface area (Å²) in [6.07, 6.45) is 0.733. The van der Waals surface area contributed by atoms with Crippen LogP contribution in [-0.4, -0.2) is 33.1 Å². The van der Waals surface area contributed by atoms with Crippen molar-refractivity contribution in [3.8, 4) is 0 Å². The topological polar surface area (TPSA) is 98.1 Å². The zero-order chi connectivity index (χ0) is 20.8. The second kappa shape index (κ2) is 9.73. The van der Waals surface area contributed by atoms with Crippen molar-refractivity contribution in [3.05, 3.63) is 68.6 Å². The average Bonchev–Trinajstić information content (AvgIpc) is 3.33. The Balaban J connectivity index is 1.45. The Morgan fingerprint density at radius 1 is 1.24 bits per heavy atom. The van der Waals surface area contributed by atoms with E-state index in [9.17, 15) is 9.59 Å². The van der Waals surface area contributed by atoms with E-state index in [0.717, 1.165) is 5.56 Å². The highest BCUT2D eigenvalue weighted by atomic mass is 35.5. The van der Waals surface area contributed by atoms with Gasteiger partial charge in [0.2, 0.25) is 0 Å². The smallest absolute Gasteiger partial charge is 0.426 e. The van der Waals surface area contributed by atoms with E-state index >= 15 is 0 Å². The number of carbonyl (C=O) groups excluding carboxylic acids is 2. The minimum Gasteiger partial charge on any atom is -0.448 e. The van der Waals surface area contributed by atoms with Crippen molar-refractivity contribution >= 4 is 46.5 Å². The van der Waals surface area contributed by atoms with Crippen LogP contribution >= 0.6 is 34.5 Å². The molecule has 1 atom stereocenters. The Labute approximate surface area is 180 Å². The number of hydrogen-bond acceptors (Lipinski definition) is 6. The Hall–Kier alpha value is -2.62. The van der Waals surface area contributed by atoms with E-state index < -0.39 is 12.0 Å². The van der Waals surface area contributed by atoms with Crippen LogP contribution in [0.2, 0.25) is 10.3 Å². The molecule has 0 bridgehead atoms. The maximum atomic E-state index is 12.1. The van der Waals surface area contributed by atoms with Gasteiger partial charge in [0.1, 0.15) is 15.9 Å². The molecule has 1 aromatic carbocycles. The fourth-order valence-corrected chi connectivity index (χ4v) is 3.45. The van der Waals surface area contributed by atoms with E-state index in [0.29, 0.717) is 16.7 Å². The third-order valence-corrected chi connectivity index (χ3v) is 5.54. The van der Waals surface area contributed by atoms with E-state index in [-0.39, 0.29) is 23.4 Å². The van der Waals surface area contributed by atoms with Crippen molar-refractivity contribution in [1.82, 2.24) is 25.4 Å². The van der Waals surface area contributed by atoms with Gasteiger partial charge in [0.25, 0.3) is 5.91 Å². The number of imidazole rings is 1. The summed E-state index contributed by atoms with van der Waals surface area (Å²) in [6.45, 7) is 2.45. The summed E-state index contributed by atoms with van der Waals surface area (Å²) < 4.78 is 6.73. The van der Waals surface area contributed by atoms with Gasteiger partial charge in [-0.3, -0.25) is 10.2 Å². The molecule has 0 saturated heterocycles. The van der Waals surface area contributed by atoms with Crippen molar-refractivity contribution in [3.63, 3.8) is 0 Å². The molecular formula is C18H17Cl2N5O3S. The lowest BCUT2D eigenvalue weighted by Gasteiger charge is -2.13. The number of amides is 2. The molecular weight excluding hydrogens is 437 g/mol. The first-order chi connectivity index (χ1) is 13.9. The third-order valence-electron chi connectivity index (χ3n) is 3.93. The number of hydrazine groups is 1. The second-order valence-corrected chi connectivity index (χ2v) is 7.73. The molecule has 2 aromatic heterocycles. The maximum Gasteiger partial charge on any atom is 0.426 e. The van der Waals surface area contributed by atoms with Crippen molar-refractivity contribution in [1.29, 1.82) is 0 Å². The zero-order valence-corrected chi connectivity index (χ0v) is 17.6. The van der Waals surface area contributed by atoms with Gasteiger partial charge in [-0.15, -0.1) is 11.3 Å².